The quantitative estimate of drug-likeness (QED) is 0.727. The zero-order valence-corrected chi connectivity index (χ0v) is 16.5. The topological polar surface area (TPSA) is 84.9 Å². The highest BCUT2D eigenvalue weighted by Crippen LogP contribution is 2.26. The van der Waals surface area contributed by atoms with Crippen LogP contribution in [0.3, 0.4) is 0 Å². The Labute approximate surface area is 169 Å². The average molecular weight is 396 g/mol. The Bertz CT molecular complexity index is 894. The number of methoxy groups -OCH3 is 1. The second-order valence-corrected chi connectivity index (χ2v) is 6.70. The van der Waals surface area contributed by atoms with Gasteiger partial charge in [0.25, 0.3) is 0 Å². The number of anilines is 1. The number of esters is 1. The summed E-state index contributed by atoms with van der Waals surface area (Å²) in [6.07, 6.45) is 0.150. The second kappa shape index (κ2) is 9.23. The Kier molecular flexibility index (Phi) is 6.49. The van der Waals surface area contributed by atoms with Gasteiger partial charge in [-0.15, -0.1) is 0 Å². The Hall–Kier alpha value is -3.35. The summed E-state index contributed by atoms with van der Waals surface area (Å²) in [7, 11) is 1.58. The minimum Gasteiger partial charge on any atom is -0.496 e. The molecule has 1 fully saturated rings. The maximum atomic E-state index is 12.6. The van der Waals surface area contributed by atoms with Crippen LogP contribution in [0.2, 0.25) is 0 Å². The van der Waals surface area contributed by atoms with Crippen LogP contribution in [0.4, 0.5) is 5.69 Å². The molecule has 152 valence electrons. The number of benzene rings is 2. The first kappa shape index (κ1) is 20.4. The van der Waals surface area contributed by atoms with Gasteiger partial charge in [0.15, 0.2) is 0 Å². The molecule has 2 aromatic carbocycles. The van der Waals surface area contributed by atoms with E-state index >= 15 is 0 Å². The normalized spacial score (nSPS) is 15.9. The first-order valence-corrected chi connectivity index (χ1v) is 9.50. The molecule has 1 atom stereocenters. The molecule has 7 heteroatoms. The summed E-state index contributed by atoms with van der Waals surface area (Å²) in [6.45, 7) is 2.68. The van der Waals surface area contributed by atoms with E-state index in [0.717, 1.165) is 5.56 Å². The first-order chi connectivity index (χ1) is 14.0. The highest BCUT2D eigenvalue weighted by Gasteiger charge is 2.35. The number of ether oxygens (including phenoxy) is 2. The summed E-state index contributed by atoms with van der Waals surface area (Å²) in [5.74, 6) is -0.415. The lowest BCUT2D eigenvalue weighted by Gasteiger charge is -2.17. The molecule has 0 bridgehead atoms. The summed E-state index contributed by atoms with van der Waals surface area (Å²) in [5.41, 5.74) is 1.95. The fourth-order valence-electron chi connectivity index (χ4n) is 3.30. The molecule has 1 saturated heterocycles. The number of nitrogens with one attached hydrogen (secondary N) is 1. The van der Waals surface area contributed by atoms with Crippen LogP contribution in [0.25, 0.3) is 0 Å². The van der Waals surface area contributed by atoms with E-state index in [9.17, 15) is 14.4 Å². The number of carbonyl (C=O) groups excluding carboxylic acids is 3. The molecule has 2 aromatic rings. The van der Waals surface area contributed by atoms with E-state index in [1.807, 2.05) is 24.3 Å². The fraction of sp³-hybridized carbons (Fsp3) is 0.318. The molecule has 1 aliphatic rings. The molecule has 0 aliphatic carbocycles. The highest BCUT2D eigenvalue weighted by atomic mass is 16.5. The number of carbonyl (C=O) groups is 3. The van der Waals surface area contributed by atoms with E-state index in [-0.39, 0.29) is 18.2 Å². The molecule has 0 radical (unpaired) electrons. The van der Waals surface area contributed by atoms with E-state index in [1.165, 1.54) is 0 Å². The molecule has 0 spiro atoms. The van der Waals surface area contributed by atoms with Gasteiger partial charge in [0.2, 0.25) is 11.8 Å². The van der Waals surface area contributed by atoms with Gasteiger partial charge in [-0.1, -0.05) is 18.2 Å². The molecule has 0 unspecified atom stereocenters. The predicted molar refractivity (Wildman–Crippen MR) is 108 cm³/mol. The van der Waals surface area contributed by atoms with E-state index in [2.05, 4.69) is 5.32 Å². The van der Waals surface area contributed by atoms with Crippen LogP contribution in [0.15, 0.2) is 48.5 Å². The average Bonchev–Trinajstić information content (AvgIpc) is 3.14. The van der Waals surface area contributed by atoms with Gasteiger partial charge in [-0.05, 0) is 37.3 Å². The van der Waals surface area contributed by atoms with Crippen LogP contribution in [0.5, 0.6) is 5.75 Å². The van der Waals surface area contributed by atoms with Crippen LogP contribution in [-0.4, -0.2) is 38.0 Å². The van der Waals surface area contributed by atoms with Crippen molar-refractivity contribution in [2.45, 2.75) is 19.9 Å². The smallest absolute Gasteiger partial charge is 0.338 e. The first-order valence-electron chi connectivity index (χ1n) is 9.50. The number of hydrogen-bond acceptors (Lipinski definition) is 5. The molecule has 29 heavy (non-hydrogen) atoms. The van der Waals surface area contributed by atoms with E-state index < -0.39 is 11.9 Å². The summed E-state index contributed by atoms with van der Waals surface area (Å²) in [4.78, 5) is 38.3. The lowest BCUT2D eigenvalue weighted by atomic mass is 10.1. The standard InChI is InChI=1S/C22H24N2O5/c1-3-29-22(27)15-8-10-18(11-9-15)24-14-17(12-20(24)25)21(26)23-13-16-6-4-5-7-19(16)28-2/h4-11,17H,3,12-14H2,1-2H3,(H,23,26)/t17-/m1/s1. The Morgan fingerprint density at radius 1 is 1.14 bits per heavy atom. The molecular weight excluding hydrogens is 372 g/mol. The van der Waals surface area contributed by atoms with Crippen molar-refractivity contribution in [2.24, 2.45) is 5.92 Å². The number of rotatable bonds is 7. The van der Waals surface area contributed by atoms with Gasteiger partial charge in [0.1, 0.15) is 5.75 Å². The Balaban J connectivity index is 1.60. The Morgan fingerprint density at radius 2 is 1.86 bits per heavy atom. The number of amides is 2. The monoisotopic (exact) mass is 396 g/mol. The summed E-state index contributed by atoms with van der Waals surface area (Å²) >= 11 is 0. The van der Waals surface area contributed by atoms with E-state index in [0.29, 0.717) is 36.7 Å². The van der Waals surface area contributed by atoms with Gasteiger partial charge in [-0.2, -0.15) is 0 Å². The molecule has 0 saturated carbocycles. The summed E-state index contributed by atoms with van der Waals surface area (Å²) in [5, 5.41) is 2.89. The van der Waals surface area contributed by atoms with Crippen molar-refractivity contribution >= 4 is 23.5 Å². The minimum atomic E-state index is -0.429. The van der Waals surface area contributed by atoms with Crippen LogP contribution in [0.1, 0.15) is 29.3 Å². The molecule has 1 heterocycles. The fourth-order valence-corrected chi connectivity index (χ4v) is 3.30. The lowest BCUT2D eigenvalue weighted by molar-refractivity contribution is -0.126. The van der Waals surface area contributed by atoms with Crippen LogP contribution >= 0.6 is 0 Å². The third-order valence-electron chi connectivity index (χ3n) is 4.83. The largest absolute Gasteiger partial charge is 0.496 e. The lowest BCUT2D eigenvalue weighted by Crippen LogP contribution is -2.32. The van der Waals surface area contributed by atoms with Gasteiger partial charge in [-0.25, -0.2) is 4.79 Å². The van der Waals surface area contributed by atoms with Crippen LogP contribution < -0.4 is 15.0 Å². The van der Waals surface area contributed by atoms with Crippen molar-refractivity contribution in [3.05, 3.63) is 59.7 Å². The molecule has 3 rings (SSSR count). The van der Waals surface area contributed by atoms with Gasteiger partial charge in [0, 0.05) is 30.8 Å². The number of nitrogens with zero attached hydrogens (tertiary/aromatic N) is 1. The minimum absolute atomic E-state index is 0.119. The third-order valence-corrected chi connectivity index (χ3v) is 4.83. The van der Waals surface area contributed by atoms with Crippen LogP contribution in [0, 0.1) is 5.92 Å². The van der Waals surface area contributed by atoms with Crippen molar-refractivity contribution in [2.75, 3.05) is 25.2 Å². The number of hydrogen-bond donors (Lipinski definition) is 1. The summed E-state index contributed by atoms with van der Waals surface area (Å²) in [6, 6.07) is 14.1. The zero-order chi connectivity index (χ0) is 20.8. The molecular formula is C22H24N2O5. The van der Waals surface area contributed by atoms with Crippen molar-refractivity contribution in [1.82, 2.24) is 5.32 Å². The van der Waals surface area contributed by atoms with Gasteiger partial charge in [-0.3, -0.25) is 9.59 Å². The van der Waals surface area contributed by atoms with Gasteiger partial charge in [0.05, 0.1) is 25.2 Å². The Morgan fingerprint density at radius 3 is 2.55 bits per heavy atom. The molecule has 0 aromatic heterocycles. The second-order valence-electron chi connectivity index (χ2n) is 6.70. The maximum Gasteiger partial charge on any atom is 0.338 e. The van der Waals surface area contributed by atoms with Crippen molar-refractivity contribution in [1.29, 1.82) is 0 Å². The summed E-state index contributed by atoms with van der Waals surface area (Å²) < 4.78 is 10.3. The molecule has 1 aliphatic heterocycles. The highest BCUT2D eigenvalue weighted by molar-refractivity contribution is 6.00. The van der Waals surface area contributed by atoms with E-state index in [4.69, 9.17) is 9.47 Å². The number of para-hydroxylation sites is 1. The van der Waals surface area contributed by atoms with Crippen molar-refractivity contribution in [3.63, 3.8) is 0 Å². The van der Waals surface area contributed by atoms with Gasteiger partial charge >= 0.3 is 5.97 Å². The van der Waals surface area contributed by atoms with E-state index in [1.54, 1.807) is 43.2 Å². The molecule has 1 N–H and O–H groups in total. The molecule has 2 amide bonds. The van der Waals surface area contributed by atoms with Crippen LogP contribution in [-0.2, 0) is 20.9 Å². The van der Waals surface area contributed by atoms with Gasteiger partial charge < -0.3 is 19.7 Å². The molecule has 7 nitrogen and oxygen atoms in total. The maximum absolute atomic E-state index is 12.6. The van der Waals surface area contributed by atoms with Crippen molar-refractivity contribution in [3.8, 4) is 5.75 Å². The zero-order valence-electron chi connectivity index (χ0n) is 16.5. The van der Waals surface area contributed by atoms with Crippen molar-refractivity contribution < 1.29 is 23.9 Å². The SMILES string of the molecule is CCOC(=O)c1ccc(N2C[C@H](C(=O)NCc3ccccc3OC)CC2=O)cc1. The predicted octanol–water partition coefficient (Wildman–Crippen LogP) is 2.54. The third kappa shape index (κ3) is 4.74.